The van der Waals surface area contributed by atoms with E-state index in [0.29, 0.717) is 23.6 Å². The smallest absolute Gasteiger partial charge is 0.271 e. The van der Waals surface area contributed by atoms with Crippen molar-refractivity contribution in [3.8, 4) is 0 Å². The van der Waals surface area contributed by atoms with E-state index >= 15 is 0 Å². The number of nitrogens with two attached hydrogens (primary N) is 1. The molecule has 0 saturated heterocycles. The Morgan fingerprint density at radius 1 is 1.05 bits per heavy atom. The van der Waals surface area contributed by atoms with Crippen LogP contribution in [0.4, 0.5) is 17.1 Å². The first-order valence-electron chi connectivity index (χ1n) is 6.38. The molecular weight excluding hydrogens is 268 g/mol. The van der Waals surface area contributed by atoms with Crippen LogP contribution in [-0.2, 0) is 0 Å². The van der Waals surface area contributed by atoms with Crippen molar-refractivity contribution in [1.82, 2.24) is 0 Å². The number of nitrogens with zero attached hydrogens (tertiary/aromatic N) is 3. The minimum Gasteiger partial charge on any atom is -0.387 e. The normalized spacial score (nSPS) is 13.7. The first kappa shape index (κ1) is 13.0. The van der Waals surface area contributed by atoms with Crippen molar-refractivity contribution in [1.29, 1.82) is 0 Å². The van der Waals surface area contributed by atoms with Gasteiger partial charge < -0.3 is 5.73 Å². The second kappa shape index (κ2) is 5.16. The van der Waals surface area contributed by atoms with Crippen LogP contribution < -0.4 is 5.73 Å². The summed E-state index contributed by atoms with van der Waals surface area (Å²) < 4.78 is 0. The molecule has 2 aromatic carbocycles. The van der Waals surface area contributed by atoms with E-state index in [0.717, 1.165) is 11.3 Å². The zero-order chi connectivity index (χ0) is 14.8. The number of hydrogen-bond acceptors (Lipinski definition) is 5. The molecule has 0 radical (unpaired) electrons. The second-order valence-corrected chi connectivity index (χ2v) is 4.63. The fraction of sp³-hybridized carbons (Fsp3) is 0.0667. The van der Waals surface area contributed by atoms with Gasteiger partial charge in [0.2, 0.25) is 0 Å². The molecule has 6 heteroatoms. The van der Waals surface area contributed by atoms with Crippen LogP contribution in [0.2, 0.25) is 0 Å². The van der Waals surface area contributed by atoms with Crippen LogP contribution in [0.5, 0.6) is 0 Å². The number of nitro benzene ring substituents is 1. The largest absolute Gasteiger partial charge is 0.387 e. The summed E-state index contributed by atoms with van der Waals surface area (Å²) in [5.74, 6) is 0.386. The first-order valence-corrected chi connectivity index (χ1v) is 6.38. The topological polar surface area (TPSA) is 93.9 Å². The van der Waals surface area contributed by atoms with Gasteiger partial charge in [0.05, 0.1) is 22.0 Å². The summed E-state index contributed by atoms with van der Waals surface area (Å²) in [6.45, 7) is 0. The number of fused-ring (bicyclic) bond motifs is 1. The monoisotopic (exact) mass is 280 g/mol. The van der Waals surface area contributed by atoms with E-state index in [4.69, 9.17) is 5.73 Å². The average molecular weight is 280 g/mol. The molecule has 1 aliphatic heterocycles. The Labute approximate surface area is 120 Å². The minimum atomic E-state index is -0.460. The molecular formula is C15H12N4O2. The maximum absolute atomic E-state index is 10.8. The summed E-state index contributed by atoms with van der Waals surface area (Å²) in [5.41, 5.74) is 8.64. The van der Waals surface area contributed by atoms with Crippen LogP contribution in [0, 0.1) is 10.1 Å². The fourth-order valence-corrected chi connectivity index (χ4v) is 2.16. The van der Waals surface area contributed by atoms with Gasteiger partial charge >= 0.3 is 0 Å². The predicted octanol–water partition coefficient (Wildman–Crippen LogP) is 3.11. The molecule has 0 aromatic heterocycles. The van der Waals surface area contributed by atoms with E-state index in [1.165, 1.54) is 12.1 Å². The molecule has 1 aliphatic rings. The molecule has 21 heavy (non-hydrogen) atoms. The van der Waals surface area contributed by atoms with E-state index < -0.39 is 4.92 Å². The predicted molar refractivity (Wildman–Crippen MR) is 81.6 cm³/mol. The Balaban J connectivity index is 2.12. The number of aliphatic imine (C=N–C) groups is 2. The van der Waals surface area contributed by atoms with Crippen molar-refractivity contribution in [2.75, 3.05) is 0 Å². The Morgan fingerprint density at radius 2 is 1.81 bits per heavy atom. The second-order valence-electron chi connectivity index (χ2n) is 4.63. The third-order valence-corrected chi connectivity index (χ3v) is 3.14. The highest BCUT2D eigenvalue weighted by atomic mass is 16.6. The van der Waals surface area contributed by atoms with Gasteiger partial charge in [0.25, 0.3) is 5.69 Å². The molecule has 0 saturated carbocycles. The lowest BCUT2D eigenvalue weighted by Gasteiger charge is -2.04. The van der Waals surface area contributed by atoms with Gasteiger partial charge in [0.15, 0.2) is 0 Å². The summed E-state index contributed by atoms with van der Waals surface area (Å²) in [7, 11) is 0. The molecule has 3 rings (SSSR count). The summed E-state index contributed by atoms with van der Waals surface area (Å²) in [6, 6.07) is 14.1. The number of amidine groups is 1. The van der Waals surface area contributed by atoms with Gasteiger partial charge in [-0.3, -0.25) is 15.1 Å². The Bertz CT molecular complexity index is 766. The minimum absolute atomic E-state index is 0.0244. The molecule has 0 aliphatic carbocycles. The van der Waals surface area contributed by atoms with Gasteiger partial charge in [0, 0.05) is 18.6 Å². The van der Waals surface area contributed by atoms with E-state index in [9.17, 15) is 10.1 Å². The van der Waals surface area contributed by atoms with E-state index in [1.807, 2.05) is 30.3 Å². The van der Waals surface area contributed by atoms with Gasteiger partial charge in [-0.1, -0.05) is 30.3 Å². The third-order valence-electron chi connectivity index (χ3n) is 3.14. The molecule has 0 unspecified atom stereocenters. The molecule has 1 heterocycles. The SMILES string of the molecule is NC1=Nc2cc([N+](=O)[O-])ccc2N=C(c2ccccc2)C1. The van der Waals surface area contributed by atoms with E-state index in [2.05, 4.69) is 9.98 Å². The van der Waals surface area contributed by atoms with Crippen LogP contribution in [0.1, 0.15) is 12.0 Å². The molecule has 2 N–H and O–H groups in total. The highest BCUT2D eigenvalue weighted by Gasteiger charge is 2.16. The van der Waals surface area contributed by atoms with Crippen LogP contribution in [0.25, 0.3) is 0 Å². The maximum atomic E-state index is 10.8. The molecule has 0 atom stereocenters. The highest BCUT2D eigenvalue weighted by Crippen LogP contribution is 2.34. The number of hydrogen-bond donors (Lipinski definition) is 1. The Morgan fingerprint density at radius 3 is 2.52 bits per heavy atom. The zero-order valence-corrected chi connectivity index (χ0v) is 11.1. The zero-order valence-electron chi connectivity index (χ0n) is 11.1. The molecule has 0 amide bonds. The van der Waals surface area contributed by atoms with Crippen molar-refractivity contribution in [2.24, 2.45) is 15.7 Å². The Kier molecular flexibility index (Phi) is 3.19. The summed E-state index contributed by atoms with van der Waals surface area (Å²) >= 11 is 0. The highest BCUT2D eigenvalue weighted by molar-refractivity contribution is 6.14. The van der Waals surface area contributed by atoms with Gasteiger partial charge in [-0.25, -0.2) is 4.99 Å². The number of benzene rings is 2. The number of non-ortho nitro benzene ring substituents is 1. The van der Waals surface area contributed by atoms with Gasteiger partial charge in [-0.2, -0.15) is 0 Å². The summed E-state index contributed by atoms with van der Waals surface area (Å²) in [6.07, 6.45) is 0.409. The van der Waals surface area contributed by atoms with Gasteiger partial charge in [0.1, 0.15) is 5.84 Å². The van der Waals surface area contributed by atoms with Crippen LogP contribution >= 0.6 is 0 Å². The van der Waals surface area contributed by atoms with Crippen LogP contribution in [-0.4, -0.2) is 16.5 Å². The van der Waals surface area contributed by atoms with E-state index in [1.54, 1.807) is 6.07 Å². The summed E-state index contributed by atoms with van der Waals surface area (Å²) in [5, 5.41) is 10.8. The number of rotatable bonds is 2. The average Bonchev–Trinajstić information content (AvgIpc) is 2.65. The Hall–Kier alpha value is -3.02. The van der Waals surface area contributed by atoms with Crippen molar-refractivity contribution < 1.29 is 4.92 Å². The van der Waals surface area contributed by atoms with Crippen LogP contribution in [0.3, 0.4) is 0 Å². The molecule has 0 bridgehead atoms. The van der Waals surface area contributed by atoms with Crippen molar-refractivity contribution in [3.63, 3.8) is 0 Å². The standard InChI is InChI=1S/C15H12N4O2/c16-15-9-13(10-4-2-1-3-5-10)17-12-7-6-11(19(20)21)8-14(12)18-15/h1-8H,9H2,(H2,16,18). The summed E-state index contributed by atoms with van der Waals surface area (Å²) in [4.78, 5) is 19.2. The molecule has 0 fully saturated rings. The van der Waals surface area contributed by atoms with Crippen molar-refractivity contribution >= 4 is 28.6 Å². The lowest BCUT2D eigenvalue weighted by molar-refractivity contribution is -0.384. The maximum Gasteiger partial charge on any atom is 0.271 e. The first-order chi connectivity index (χ1) is 10.1. The van der Waals surface area contributed by atoms with Crippen molar-refractivity contribution in [3.05, 3.63) is 64.2 Å². The number of nitro groups is 1. The molecule has 2 aromatic rings. The lowest BCUT2D eigenvalue weighted by Crippen LogP contribution is -2.16. The third kappa shape index (κ3) is 2.64. The van der Waals surface area contributed by atoms with Gasteiger partial charge in [-0.05, 0) is 11.6 Å². The quantitative estimate of drug-likeness (QED) is 0.676. The van der Waals surface area contributed by atoms with E-state index in [-0.39, 0.29) is 5.69 Å². The molecule has 104 valence electrons. The molecule has 6 nitrogen and oxygen atoms in total. The van der Waals surface area contributed by atoms with Crippen LogP contribution in [0.15, 0.2) is 58.5 Å². The molecule has 0 spiro atoms. The fourth-order valence-electron chi connectivity index (χ4n) is 2.16. The van der Waals surface area contributed by atoms with Crippen molar-refractivity contribution in [2.45, 2.75) is 6.42 Å². The van der Waals surface area contributed by atoms with Gasteiger partial charge in [-0.15, -0.1) is 0 Å². The lowest BCUT2D eigenvalue weighted by atomic mass is 10.1.